The average Bonchev–Trinajstić information content (AvgIpc) is 3.07. The number of hydrogen-bond donors (Lipinski definition) is 2. The number of hydrazone groups is 1. The van der Waals surface area contributed by atoms with E-state index < -0.39 is 5.91 Å². The zero-order valence-corrected chi connectivity index (χ0v) is 14.0. The Morgan fingerprint density at radius 3 is 2.96 bits per heavy atom. The van der Waals surface area contributed by atoms with E-state index in [0.29, 0.717) is 29.2 Å². The van der Waals surface area contributed by atoms with Gasteiger partial charge < -0.3 is 19.3 Å². The lowest BCUT2D eigenvalue weighted by Gasteiger charge is -2.08. The second kappa shape index (κ2) is 7.31. The largest absolute Gasteiger partial charge is 0.503 e. The molecule has 1 aliphatic heterocycles. The molecule has 0 unspecified atom stereocenters. The molecule has 0 fully saturated rings. The van der Waals surface area contributed by atoms with Crippen LogP contribution in [-0.4, -0.2) is 30.6 Å². The molecule has 25 heavy (non-hydrogen) atoms. The van der Waals surface area contributed by atoms with Gasteiger partial charge >= 0.3 is 0 Å². The number of carbonyl (C=O) groups excluding carboxylic acids is 1. The smallest absolute Gasteiger partial charge is 0.271 e. The van der Waals surface area contributed by atoms with Gasteiger partial charge in [-0.2, -0.15) is 5.10 Å². The van der Waals surface area contributed by atoms with E-state index >= 15 is 0 Å². The molecule has 3 rings (SSSR count). The molecular weight excluding hydrogens is 348 g/mol. The quantitative estimate of drug-likeness (QED) is 0.630. The van der Waals surface area contributed by atoms with Gasteiger partial charge in [0.05, 0.1) is 17.8 Å². The lowest BCUT2D eigenvalue weighted by molar-refractivity contribution is 0.0954. The summed E-state index contributed by atoms with van der Waals surface area (Å²) < 4.78 is 15.7. The minimum Gasteiger partial charge on any atom is -0.503 e. The van der Waals surface area contributed by atoms with E-state index in [4.69, 9.17) is 25.8 Å². The van der Waals surface area contributed by atoms with Gasteiger partial charge in [0.15, 0.2) is 23.0 Å². The fourth-order valence-corrected chi connectivity index (χ4v) is 2.42. The Morgan fingerprint density at radius 2 is 2.16 bits per heavy atom. The van der Waals surface area contributed by atoms with Crippen LogP contribution in [0.3, 0.4) is 0 Å². The first-order valence-electron chi connectivity index (χ1n) is 7.47. The van der Waals surface area contributed by atoms with E-state index in [2.05, 4.69) is 10.5 Å². The molecule has 0 radical (unpaired) electrons. The number of hydrogen-bond acceptors (Lipinski definition) is 6. The minimum atomic E-state index is -0.399. The van der Waals surface area contributed by atoms with Crippen LogP contribution in [0.25, 0.3) is 0 Å². The molecule has 0 aromatic heterocycles. The van der Waals surface area contributed by atoms with Crippen molar-refractivity contribution in [1.29, 1.82) is 0 Å². The number of amides is 1. The molecular formula is C17H15ClN2O5. The predicted molar refractivity (Wildman–Crippen MR) is 91.9 cm³/mol. The molecule has 0 saturated heterocycles. The highest BCUT2D eigenvalue weighted by Gasteiger charge is 2.16. The molecule has 1 heterocycles. The fourth-order valence-electron chi connectivity index (χ4n) is 2.20. The van der Waals surface area contributed by atoms with Crippen LogP contribution >= 0.6 is 11.6 Å². The summed E-state index contributed by atoms with van der Waals surface area (Å²) in [4.78, 5) is 12.1. The van der Waals surface area contributed by atoms with Crippen LogP contribution in [0.2, 0.25) is 5.02 Å². The van der Waals surface area contributed by atoms with Crippen molar-refractivity contribution in [1.82, 2.24) is 5.43 Å². The van der Waals surface area contributed by atoms with Gasteiger partial charge in [0, 0.05) is 5.56 Å². The summed E-state index contributed by atoms with van der Waals surface area (Å²) in [7, 11) is 0. The average molecular weight is 363 g/mol. The highest BCUT2D eigenvalue weighted by molar-refractivity contribution is 6.32. The second-order valence-electron chi connectivity index (χ2n) is 5.05. The van der Waals surface area contributed by atoms with Gasteiger partial charge in [-0.05, 0) is 42.8 Å². The molecule has 0 atom stereocenters. The van der Waals surface area contributed by atoms with Crippen LogP contribution in [0.4, 0.5) is 0 Å². The third-order valence-electron chi connectivity index (χ3n) is 3.37. The van der Waals surface area contributed by atoms with E-state index in [1.54, 1.807) is 31.2 Å². The summed E-state index contributed by atoms with van der Waals surface area (Å²) in [5, 5.41) is 13.8. The first-order valence-corrected chi connectivity index (χ1v) is 7.84. The summed E-state index contributed by atoms with van der Waals surface area (Å²) in [6.07, 6.45) is 1.40. The van der Waals surface area contributed by atoms with Crippen LogP contribution in [0.5, 0.6) is 23.0 Å². The maximum atomic E-state index is 12.1. The number of carbonyl (C=O) groups is 1. The van der Waals surface area contributed by atoms with Crippen LogP contribution in [-0.2, 0) is 0 Å². The van der Waals surface area contributed by atoms with E-state index in [-0.39, 0.29) is 23.3 Å². The molecule has 2 aromatic carbocycles. The molecule has 1 amide bonds. The predicted octanol–water partition coefficient (Wildman–Crippen LogP) is 2.94. The molecule has 130 valence electrons. The number of phenols is 1. The van der Waals surface area contributed by atoms with Crippen molar-refractivity contribution in [3.8, 4) is 23.0 Å². The third-order valence-corrected chi connectivity index (χ3v) is 3.65. The van der Waals surface area contributed by atoms with Gasteiger partial charge in [-0.15, -0.1) is 0 Å². The summed E-state index contributed by atoms with van der Waals surface area (Å²) >= 11 is 5.94. The van der Waals surface area contributed by atoms with Crippen molar-refractivity contribution in [2.24, 2.45) is 5.10 Å². The lowest BCUT2D eigenvalue weighted by Crippen LogP contribution is -2.17. The zero-order valence-electron chi connectivity index (χ0n) is 13.3. The summed E-state index contributed by atoms with van der Waals surface area (Å²) in [5.41, 5.74) is 3.37. The lowest BCUT2D eigenvalue weighted by atomic mass is 10.2. The number of phenolic OH excluding ortho intramolecular Hbond substituents is 1. The second-order valence-corrected chi connectivity index (χ2v) is 5.46. The van der Waals surface area contributed by atoms with E-state index in [9.17, 15) is 9.90 Å². The maximum Gasteiger partial charge on any atom is 0.271 e. The molecule has 0 saturated carbocycles. The Bertz CT molecular complexity index is 838. The van der Waals surface area contributed by atoms with Gasteiger partial charge in [0.2, 0.25) is 6.79 Å². The Morgan fingerprint density at radius 1 is 1.36 bits per heavy atom. The van der Waals surface area contributed by atoms with Crippen molar-refractivity contribution in [3.05, 3.63) is 46.5 Å². The number of benzene rings is 2. The summed E-state index contributed by atoms with van der Waals surface area (Å²) in [6.45, 7) is 2.31. The van der Waals surface area contributed by atoms with Crippen molar-refractivity contribution >= 4 is 23.7 Å². The highest BCUT2D eigenvalue weighted by Crippen LogP contribution is 2.35. The van der Waals surface area contributed by atoms with Crippen LogP contribution < -0.4 is 19.6 Å². The first-order chi connectivity index (χ1) is 12.1. The first kappa shape index (κ1) is 16.9. The van der Waals surface area contributed by atoms with Crippen molar-refractivity contribution in [3.63, 3.8) is 0 Å². The molecule has 2 aromatic rings. The topological polar surface area (TPSA) is 89.4 Å². The Balaban J connectivity index is 1.69. The van der Waals surface area contributed by atoms with E-state index in [0.717, 1.165) is 0 Å². The van der Waals surface area contributed by atoms with Gasteiger partial charge in [-0.25, -0.2) is 5.43 Å². The monoisotopic (exact) mass is 362 g/mol. The van der Waals surface area contributed by atoms with E-state index in [1.807, 2.05) is 0 Å². The Kier molecular flexibility index (Phi) is 4.95. The number of ether oxygens (including phenoxy) is 3. The van der Waals surface area contributed by atoms with Gasteiger partial charge in [-0.3, -0.25) is 4.79 Å². The van der Waals surface area contributed by atoms with Crippen molar-refractivity contribution < 1.29 is 24.1 Å². The highest BCUT2D eigenvalue weighted by atomic mass is 35.5. The molecule has 2 N–H and O–H groups in total. The molecule has 8 heteroatoms. The van der Waals surface area contributed by atoms with Gasteiger partial charge in [-0.1, -0.05) is 11.6 Å². The molecule has 0 spiro atoms. The molecule has 0 aliphatic carbocycles. The number of aromatic hydroxyl groups is 1. The van der Waals surface area contributed by atoms with Gasteiger partial charge in [0.25, 0.3) is 5.91 Å². The number of fused-ring (bicyclic) bond motifs is 1. The number of nitrogens with zero attached hydrogens (tertiary/aromatic N) is 1. The number of halogens is 1. The van der Waals surface area contributed by atoms with Crippen molar-refractivity contribution in [2.75, 3.05) is 13.4 Å². The fraction of sp³-hybridized carbons (Fsp3) is 0.176. The Labute approximate surface area is 148 Å². The van der Waals surface area contributed by atoms with Crippen LogP contribution in [0, 0.1) is 0 Å². The maximum absolute atomic E-state index is 12.1. The minimum absolute atomic E-state index is 0.134. The Hall–Kier alpha value is -2.93. The molecule has 1 aliphatic rings. The zero-order chi connectivity index (χ0) is 17.8. The standard InChI is InChI=1S/C17H15ClN2O5/c1-2-23-15-6-10(5-12(18)16(15)21)8-19-20-17(22)11-3-4-13-14(7-11)25-9-24-13/h3-8,21H,2,9H2,1H3,(H,20,22). The van der Waals surface area contributed by atoms with E-state index in [1.165, 1.54) is 12.3 Å². The SMILES string of the molecule is CCOc1cc(C=NNC(=O)c2ccc3c(c2)OCO3)cc(Cl)c1O. The summed E-state index contributed by atoms with van der Waals surface area (Å²) in [6, 6.07) is 7.94. The van der Waals surface area contributed by atoms with Crippen LogP contribution in [0.15, 0.2) is 35.4 Å². The number of nitrogens with one attached hydrogen (secondary N) is 1. The molecule has 7 nitrogen and oxygen atoms in total. The molecule has 0 bridgehead atoms. The van der Waals surface area contributed by atoms with Crippen molar-refractivity contribution in [2.45, 2.75) is 6.92 Å². The number of rotatable bonds is 5. The van der Waals surface area contributed by atoms with Crippen LogP contribution in [0.1, 0.15) is 22.8 Å². The normalized spacial score (nSPS) is 12.4. The summed E-state index contributed by atoms with van der Waals surface area (Å²) in [5.74, 6) is 0.832. The third kappa shape index (κ3) is 3.77. The van der Waals surface area contributed by atoms with Gasteiger partial charge in [0.1, 0.15) is 0 Å².